The number of carbonyl (C=O) groups is 1. The molecule has 29 heavy (non-hydrogen) atoms. The lowest BCUT2D eigenvalue weighted by Crippen LogP contribution is -2.40. The van der Waals surface area contributed by atoms with Gasteiger partial charge in [-0.1, -0.05) is 12.1 Å². The van der Waals surface area contributed by atoms with Gasteiger partial charge in [-0.25, -0.2) is 8.42 Å². The number of morpholine rings is 1. The van der Waals surface area contributed by atoms with E-state index in [1.165, 1.54) is 25.3 Å². The van der Waals surface area contributed by atoms with Crippen molar-refractivity contribution < 1.29 is 27.4 Å². The van der Waals surface area contributed by atoms with Crippen molar-refractivity contribution in [3.63, 3.8) is 0 Å². The first-order valence-corrected chi connectivity index (χ1v) is 10.6. The van der Waals surface area contributed by atoms with Gasteiger partial charge in [0.1, 0.15) is 5.75 Å². The number of sulfonamides is 1. The second kappa shape index (κ2) is 9.25. The maximum absolute atomic E-state index is 12.9. The van der Waals surface area contributed by atoms with Crippen molar-refractivity contribution in [3.8, 4) is 5.75 Å². The topological polar surface area (TPSA) is 94.2 Å². The Morgan fingerprint density at radius 3 is 2.59 bits per heavy atom. The van der Waals surface area contributed by atoms with Crippen molar-refractivity contribution in [2.75, 3.05) is 45.2 Å². The summed E-state index contributed by atoms with van der Waals surface area (Å²) in [7, 11) is -0.884. The molecule has 2 aromatic rings. The zero-order valence-corrected chi connectivity index (χ0v) is 17.2. The number of hydrogen-bond acceptors (Lipinski definition) is 6. The number of benzene rings is 2. The Bertz CT molecular complexity index is 971. The molecule has 0 radical (unpaired) electrons. The fourth-order valence-electron chi connectivity index (χ4n) is 3.06. The molecular weight excluding hydrogens is 396 g/mol. The van der Waals surface area contributed by atoms with Crippen LogP contribution in [0.5, 0.6) is 5.75 Å². The maximum Gasteiger partial charge on any atom is 0.261 e. The van der Waals surface area contributed by atoms with Crippen LogP contribution in [0.1, 0.15) is 15.9 Å². The van der Waals surface area contributed by atoms with E-state index in [0.717, 1.165) is 5.56 Å². The van der Waals surface area contributed by atoms with E-state index in [-0.39, 0.29) is 16.4 Å². The number of methoxy groups -OCH3 is 2. The van der Waals surface area contributed by atoms with E-state index in [2.05, 4.69) is 4.72 Å². The minimum Gasteiger partial charge on any atom is -0.496 e. The molecule has 156 valence electrons. The standard InChI is InChI=1S/C20H24N2O6S/c1-26-14-15-4-3-5-16(12-15)21-29(24,25)17-6-7-19(27-2)18(13-17)20(23)22-8-10-28-11-9-22/h3-7,12-13,21H,8-11,14H2,1-2H3. The van der Waals surface area contributed by atoms with Gasteiger partial charge in [0.25, 0.3) is 15.9 Å². The normalized spacial score (nSPS) is 14.5. The Labute approximate surface area is 170 Å². The molecule has 0 atom stereocenters. The van der Waals surface area contributed by atoms with Crippen LogP contribution in [-0.2, 0) is 26.1 Å². The summed E-state index contributed by atoms with van der Waals surface area (Å²) in [6, 6.07) is 11.2. The smallest absolute Gasteiger partial charge is 0.261 e. The molecule has 8 nitrogen and oxygen atoms in total. The molecule has 1 N–H and O–H groups in total. The highest BCUT2D eigenvalue weighted by Gasteiger charge is 2.24. The number of anilines is 1. The highest BCUT2D eigenvalue weighted by atomic mass is 32.2. The molecule has 1 saturated heterocycles. The predicted octanol–water partition coefficient (Wildman–Crippen LogP) is 2.11. The third kappa shape index (κ3) is 5.06. The minimum absolute atomic E-state index is 0.0212. The van der Waals surface area contributed by atoms with E-state index in [4.69, 9.17) is 14.2 Å². The summed E-state index contributed by atoms with van der Waals surface area (Å²) in [5.74, 6) is 0.0341. The van der Waals surface area contributed by atoms with Gasteiger partial charge in [-0.15, -0.1) is 0 Å². The number of nitrogens with zero attached hydrogens (tertiary/aromatic N) is 1. The monoisotopic (exact) mass is 420 g/mol. The van der Waals surface area contributed by atoms with Crippen LogP contribution in [0.15, 0.2) is 47.4 Å². The quantitative estimate of drug-likeness (QED) is 0.737. The molecule has 3 rings (SSSR count). The number of carbonyl (C=O) groups excluding carboxylic acids is 1. The molecule has 0 saturated carbocycles. The van der Waals surface area contributed by atoms with Gasteiger partial charge in [0.2, 0.25) is 0 Å². The van der Waals surface area contributed by atoms with Crippen LogP contribution >= 0.6 is 0 Å². The number of ether oxygens (including phenoxy) is 3. The molecule has 0 aromatic heterocycles. The lowest BCUT2D eigenvalue weighted by Gasteiger charge is -2.27. The Kier molecular flexibility index (Phi) is 6.73. The first kappa shape index (κ1) is 21.1. The highest BCUT2D eigenvalue weighted by molar-refractivity contribution is 7.92. The minimum atomic E-state index is -3.90. The van der Waals surface area contributed by atoms with Crippen LogP contribution in [0.3, 0.4) is 0 Å². The van der Waals surface area contributed by atoms with Crippen LogP contribution in [-0.4, -0.2) is 59.7 Å². The van der Waals surface area contributed by atoms with Gasteiger partial charge in [-0.3, -0.25) is 9.52 Å². The van der Waals surface area contributed by atoms with Crippen molar-refractivity contribution in [2.45, 2.75) is 11.5 Å². The summed E-state index contributed by atoms with van der Waals surface area (Å²) in [6.07, 6.45) is 0. The summed E-state index contributed by atoms with van der Waals surface area (Å²) < 4.78 is 44.0. The first-order chi connectivity index (χ1) is 13.9. The van der Waals surface area contributed by atoms with Crippen molar-refractivity contribution in [1.82, 2.24) is 4.90 Å². The van der Waals surface area contributed by atoms with Crippen LogP contribution in [0.4, 0.5) is 5.69 Å². The number of rotatable bonds is 7. The van der Waals surface area contributed by atoms with Crippen molar-refractivity contribution >= 4 is 21.6 Å². The molecule has 1 aliphatic rings. The van der Waals surface area contributed by atoms with E-state index in [1.807, 2.05) is 6.07 Å². The molecular formula is C20H24N2O6S. The van der Waals surface area contributed by atoms with Gasteiger partial charge in [0.05, 0.1) is 37.4 Å². The molecule has 1 aliphatic heterocycles. The van der Waals surface area contributed by atoms with E-state index in [0.29, 0.717) is 44.3 Å². The predicted molar refractivity (Wildman–Crippen MR) is 108 cm³/mol. The SMILES string of the molecule is COCc1cccc(NS(=O)(=O)c2ccc(OC)c(C(=O)N3CCOCC3)c2)c1. The summed E-state index contributed by atoms with van der Waals surface area (Å²) >= 11 is 0. The summed E-state index contributed by atoms with van der Waals surface area (Å²) in [5.41, 5.74) is 1.45. The van der Waals surface area contributed by atoms with Gasteiger partial charge >= 0.3 is 0 Å². The van der Waals surface area contributed by atoms with Crippen LogP contribution in [0.2, 0.25) is 0 Å². The van der Waals surface area contributed by atoms with E-state index in [9.17, 15) is 13.2 Å². The summed E-state index contributed by atoms with van der Waals surface area (Å²) in [5, 5.41) is 0. The van der Waals surface area contributed by atoms with E-state index < -0.39 is 10.0 Å². The molecule has 2 aromatic carbocycles. The third-order valence-electron chi connectivity index (χ3n) is 4.50. The highest BCUT2D eigenvalue weighted by Crippen LogP contribution is 2.26. The van der Waals surface area contributed by atoms with Crippen molar-refractivity contribution in [1.29, 1.82) is 0 Å². The van der Waals surface area contributed by atoms with Crippen molar-refractivity contribution in [2.24, 2.45) is 0 Å². The second-order valence-corrected chi connectivity index (χ2v) is 8.19. The Morgan fingerprint density at radius 1 is 1.14 bits per heavy atom. The lowest BCUT2D eigenvalue weighted by molar-refractivity contribution is 0.0300. The fraction of sp³-hybridized carbons (Fsp3) is 0.350. The summed E-state index contributed by atoms with van der Waals surface area (Å²) in [6.45, 7) is 2.17. The average Bonchev–Trinajstić information content (AvgIpc) is 2.73. The zero-order chi connectivity index (χ0) is 20.9. The molecule has 0 unspecified atom stereocenters. The largest absolute Gasteiger partial charge is 0.496 e. The van der Waals surface area contributed by atoms with Gasteiger partial charge in [-0.05, 0) is 35.9 Å². The van der Waals surface area contributed by atoms with Gasteiger partial charge in [0.15, 0.2) is 0 Å². The van der Waals surface area contributed by atoms with E-state index >= 15 is 0 Å². The Morgan fingerprint density at radius 2 is 1.90 bits per heavy atom. The molecule has 0 aliphatic carbocycles. The first-order valence-electron chi connectivity index (χ1n) is 9.10. The molecule has 1 heterocycles. The molecule has 0 bridgehead atoms. The van der Waals surface area contributed by atoms with Crippen molar-refractivity contribution in [3.05, 3.63) is 53.6 Å². The molecule has 1 fully saturated rings. The molecule has 9 heteroatoms. The maximum atomic E-state index is 12.9. The van der Waals surface area contributed by atoms with Crippen LogP contribution in [0.25, 0.3) is 0 Å². The fourth-order valence-corrected chi connectivity index (χ4v) is 4.14. The Balaban J connectivity index is 1.89. The zero-order valence-electron chi connectivity index (χ0n) is 16.4. The molecule has 1 amide bonds. The van der Waals surface area contributed by atoms with Crippen LogP contribution < -0.4 is 9.46 Å². The van der Waals surface area contributed by atoms with Gasteiger partial charge in [-0.2, -0.15) is 0 Å². The average molecular weight is 420 g/mol. The van der Waals surface area contributed by atoms with E-state index in [1.54, 1.807) is 30.2 Å². The lowest BCUT2D eigenvalue weighted by atomic mass is 10.1. The second-order valence-electron chi connectivity index (χ2n) is 6.51. The van der Waals surface area contributed by atoms with Gasteiger partial charge < -0.3 is 19.1 Å². The van der Waals surface area contributed by atoms with Crippen LogP contribution in [0, 0.1) is 0 Å². The summed E-state index contributed by atoms with van der Waals surface area (Å²) in [4.78, 5) is 14.5. The number of nitrogens with one attached hydrogen (secondary N) is 1. The van der Waals surface area contributed by atoms with Gasteiger partial charge in [0, 0.05) is 25.9 Å². The Hall–Kier alpha value is -2.62. The third-order valence-corrected chi connectivity index (χ3v) is 5.88. The number of hydrogen-bond donors (Lipinski definition) is 1. The number of amides is 1. The molecule has 0 spiro atoms.